The fourth-order valence-corrected chi connectivity index (χ4v) is 2.39. The van der Waals surface area contributed by atoms with Crippen LogP contribution in [0.4, 0.5) is 8.78 Å². The Morgan fingerprint density at radius 1 is 1.19 bits per heavy atom. The molecule has 1 N–H and O–H groups in total. The molecule has 110 valence electrons. The van der Waals surface area contributed by atoms with Gasteiger partial charge in [-0.05, 0) is 52.4 Å². The molecule has 2 aromatic carbocycles. The molecular formula is C15H12F2INO2. The second-order valence-corrected chi connectivity index (χ2v) is 5.35. The summed E-state index contributed by atoms with van der Waals surface area (Å²) in [4.78, 5) is 12.0. The molecule has 6 heteroatoms. The van der Waals surface area contributed by atoms with Gasteiger partial charge < -0.3 is 10.1 Å². The number of amides is 1. The third-order valence-electron chi connectivity index (χ3n) is 2.70. The molecule has 2 rings (SSSR count). The van der Waals surface area contributed by atoms with E-state index in [2.05, 4.69) is 32.6 Å². The van der Waals surface area contributed by atoms with Crippen molar-refractivity contribution < 1.29 is 18.3 Å². The third-order valence-corrected chi connectivity index (χ3v) is 3.64. The van der Waals surface area contributed by atoms with Crippen molar-refractivity contribution in [3.63, 3.8) is 0 Å². The van der Waals surface area contributed by atoms with Crippen LogP contribution in [-0.2, 0) is 6.54 Å². The number of carbonyl (C=O) groups is 1. The monoisotopic (exact) mass is 403 g/mol. The Kier molecular flexibility index (Phi) is 5.49. The Morgan fingerprint density at radius 3 is 2.67 bits per heavy atom. The molecule has 0 aliphatic heterocycles. The van der Waals surface area contributed by atoms with Gasteiger partial charge in [-0.3, -0.25) is 4.79 Å². The second kappa shape index (κ2) is 7.35. The zero-order valence-electron chi connectivity index (χ0n) is 10.9. The molecule has 3 nitrogen and oxygen atoms in total. The van der Waals surface area contributed by atoms with Crippen LogP contribution < -0.4 is 10.1 Å². The number of hydrogen-bond acceptors (Lipinski definition) is 2. The number of nitrogens with one attached hydrogen (secondary N) is 1. The van der Waals surface area contributed by atoms with Gasteiger partial charge in [0, 0.05) is 10.1 Å². The highest BCUT2D eigenvalue weighted by Crippen LogP contribution is 2.16. The number of hydrogen-bond donors (Lipinski definition) is 1. The van der Waals surface area contributed by atoms with E-state index in [1.807, 2.05) is 12.1 Å². The van der Waals surface area contributed by atoms with E-state index in [9.17, 15) is 13.6 Å². The lowest BCUT2D eigenvalue weighted by molar-refractivity contribution is -0.0498. The molecular weight excluding hydrogens is 391 g/mol. The molecule has 0 saturated carbocycles. The van der Waals surface area contributed by atoms with E-state index in [4.69, 9.17) is 0 Å². The highest BCUT2D eigenvalue weighted by atomic mass is 127. The van der Waals surface area contributed by atoms with Crippen molar-refractivity contribution >= 4 is 28.5 Å². The summed E-state index contributed by atoms with van der Waals surface area (Å²) in [6.45, 7) is -2.62. The minimum absolute atomic E-state index is 0.0750. The summed E-state index contributed by atoms with van der Waals surface area (Å²) in [6, 6.07) is 13.5. The molecule has 0 radical (unpaired) electrons. The van der Waals surface area contributed by atoms with Gasteiger partial charge in [0.25, 0.3) is 5.91 Å². The first kappa shape index (κ1) is 15.7. The minimum Gasteiger partial charge on any atom is -0.435 e. The Hall–Kier alpha value is -1.70. The van der Waals surface area contributed by atoms with Crippen molar-refractivity contribution in [1.82, 2.24) is 5.32 Å². The van der Waals surface area contributed by atoms with Gasteiger partial charge in [-0.25, -0.2) is 0 Å². The topological polar surface area (TPSA) is 38.3 Å². The first-order valence-corrected chi connectivity index (χ1v) is 7.20. The first-order chi connectivity index (χ1) is 10.1. The molecule has 0 spiro atoms. The molecule has 0 heterocycles. The quantitative estimate of drug-likeness (QED) is 0.772. The van der Waals surface area contributed by atoms with Crippen LogP contribution in [0.2, 0.25) is 0 Å². The third kappa shape index (κ3) is 4.66. The number of halogens is 3. The Bertz CT molecular complexity index is 635. The predicted molar refractivity (Wildman–Crippen MR) is 83.4 cm³/mol. The zero-order chi connectivity index (χ0) is 15.2. The largest absolute Gasteiger partial charge is 0.435 e. The molecule has 21 heavy (non-hydrogen) atoms. The van der Waals surface area contributed by atoms with Crippen LogP contribution in [0.5, 0.6) is 5.75 Å². The predicted octanol–water partition coefficient (Wildman–Crippen LogP) is 3.82. The number of alkyl halides is 2. The van der Waals surface area contributed by atoms with Crippen LogP contribution in [0, 0.1) is 3.57 Å². The van der Waals surface area contributed by atoms with Gasteiger partial charge in [0.2, 0.25) is 0 Å². The standard InChI is InChI=1S/C15H12F2INO2/c16-15(17)21-11-5-3-4-10(8-11)9-19-14(20)12-6-1-2-7-13(12)18/h1-8,15H,9H2,(H,19,20). The van der Waals surface area contributed by atoms with Crippen molar-refractivity contribution in [3.05, 3.63) is 63.2 Å². The van der Waals surface area contributed by atoms with Crippen molar-refractivity contribution in [2.24, 2.45) is 0 Å². The molecule has 0 saturated heterocycles. The lowest BCUT2D eigenvalue weighted by Gasteiger charge is -2.09. The molecule has 0 atom stereocenters. The normalized spacial score (nSPS) is 10.5. The van der Waals surface area contributed by atoms with Gasteiger partial charge >= 0.3 is 6.61 Å². The summed E-state index contributed by atoms with van der Waals surface area (Å²) >= 11 is 2.08. The number of rotatable bonds is 5. The van der Waals surface area contributed by atoms with Gasteiger partial charge in [0.05, 0.1) is 5.56 Å². The highest BCUT2D eigenvalue weighted by Gasteiger charge is 2.09. The van der Waals surface area contributed by atoms with Crippen LogP contribution in [0.15, 0.2) is 48.5 Å². The highest BCUT2D eigenvalue weighted by molar-refractivity contribution is 14.1. The Labute approximate surface area is 134 Å². The van der Waals surface area contributed by atoms with Gasteiger partial charge in [0.15, 0.2) is 0 Å². The maximum atomic E-state index is 12.1. The fourth-order valence-electron chi connectivity index (χ4n) is 1.75. The average molecular weight is 403 g/mol. The van der Waals surface area contributed by atoms with Gasteiger partial charge in [0.1, 0.15) is 5.75 Å². The molecule has 1 amide bonds. The van der Waals surface area contributed by atoms with Crippen molar-refractivity contribution in [2.45, 2.75) is 13.2 Å². The maximum Gasteiger partial charge on any atom is 0.387 e. The summed E-state index contributed by atoms with van der Waals surface area (Å²) in [5, 5.41) is 2.75. The van der Waals surface area contributed by atoms with E-state index in [0.717, 1.165) is 3.57 Å². The van der Waals surface area contributed by atoms with Gasteiger partial charge in [-0.2, -0.15) is 8.78 Å². The van der Waals surface area contributed by atoms with Crippen LogP contribution in [0.3, 0.4) is 0 Å². The molecule has 2 aromatic rings. The molecule has 0 fully saturated rings. The van der Waals surface area contributed by atoms with E-state index in [1.165, 1.54) is 12.1 Å². The van der Waals surface area contributed by atoms with E-state index in [-0.39, 0.29) is 18.2 Å². The molecule has 0 bridgehead atoms. The Balaban J connectivity index is 2.00. The molecule has 0 aromatic heterocycles. The van der Waals surface area contributed by atoms with E-state index < -0.39 is 6.61 Å². The summed E-state index contributed by atoms with van der Waals surface area (Å²) in [7, 11) is 0. The van der Waals surface area contributed by atoms with E-state index >= 15 is 0 Å². The number of carbonyl (C=O) groups excluding carboxylic acids is 1. The summed E-state index contributed by atoms with van der Waals surface area (Å²) < 4.78 is 29.4. The number of benzene rings is 2. The Morgan fingerprint density at radius 2 is 1.95 bits per heavy atom. The molecule has 0 aliphatic rings. The summed E-state index contributed by atoms with van der Waals surface area (Å²) in [5.41, 5.74) is 1.27. The van der Waals surface area contributed by atoms with Crippen molar-refractivity contribution in [2.75, 3.05) is 0 Å². The molecule has 0 unspecified atom stereocenters. The van der Waals surface area contributed by atoms with Crippen LogP contribution in [0.1, 0.15) is 15.9 Å². The second-order valence-electron chi connectivity index (χ2n) is 4.19. The first-order valence-electron chi connectivity index (χ1n) is 6.13. The maximum absolute atomic E-state index is 12.1. The summed E-state index contributed by atoms with van der Waals surface area (Å²) in [5.74, 6) is -0.133. The van der Waals surface area contributed by atoms with Crippen LogP contribution in [0.25, 0.3) is 0 Å². The van der Waals surface area contributed by atoms with Crippen LogP contribution in [-0.4, -0.2) is 12.5 Å². The van der Waals surface area contributed by atoms with Gasteiger partial charge in [-0.15, -0.1) is 0 Å². The van der Waals surface area contributed by atoms with Crippen molar-refractivity contribution in [3.8, 4) is 5.75 Å². The van der Waals surface area contributed by atoms with E-state index in [1.54, 1.807) is 24.3 Å². The number of ether oxygens (including phenoxy) is 1. The smallest absolute Gasteiger partial charge is 0.387 e. The van der Waals surface area contributed by atoms with Crippen LogP contribution >= 0.6 is 22.6 Å². The van der Waals surface area contributed by atoms with E-state index in [0.29, 0.717) is 11.1 Å². The lowest BCUT2D eigenvalue weighted by Crippen LogP contribution is -2.23. The fraction of sp³-hybridized carbons (Fsp3) is 0.133. The molecule has 0 aliphatic carbocycles. The minimum atomic E-state index is -2.86. The SMILES string of the molecule is O=C(NCc1cccc(OC(F)F)c1)c1ccccc1I. The summed E-state index contributed by atoms with van der Waals surface area (Å²) in [6.07, 6.45) is 0. The lowest BCUT2D eigenvalue weighted by atomic mass is 10.2. The average Bonchev–Trinajstić information content (AvgIpc) is 2.45. The zero-order valence-corrected chi connectivity index (χ0v) is 13.0. The van der Waals surface area contributed by atoms with Crippen molar-refractivity contribution in [1.29, 1.82) is 0 Å². The van der Waals surface area contributed by atoms with Gasteiger partial charge in [-0.1, -0.05) is 24.3 Å².